The molecule has 6 heteroatoms. The second kappa shape index (κ2) is 8.14. The number of hydrogen-bond donors (Lipinski definition) is 1. The maximum atomic E-state index is 13.5. The Morgan fingerprint density at radius 3 is 3.04 bits per heavy atom. The summed E-state index contributed by atoms with van der Waals surface area (Å²) < 4.78 is 18.9. The molecule has 1 amide bonds. The molecule has 1 fully saturated rings. The van der Waals surface area contributed by atoms with E-state index in [2.05, 4.69) is 10.2 Å². The van der Waals surface area contributed by atoms with Crippen LogP contribution in [-0.4, -0.2) is 40.7 Å². The van der Waals surface area contributed by atoms with Crippen LogP contribution in [0.2, 0.25) is 0 Å². The number of nitrogens with zero attached hydrogens (tertiary/aromatic N) is 2. The van der Waals surface area contributed by atoms with Crippen LogP contribution in [0.5, 0.6) is 5.75 Å². The largest absolute Gasteiger partial charge is 0.490 e. The third kappa shape index (κ3) is 4.59. The molecular weight excluding hydrogens is 321 g/mol. The number of benzene rings is 1. The molecule has 3 rings (SSSR count). The minimum absolute atomic E-state index is 0.0716. The number of carbonyl (C=O) groups is 1. The zero-order valence-electron chi connectivity index (χ0n) is 14.5. The molecular formula is C19H24FN3O2. The number of ether oxygens (including phenoxy) is 1. The maximum absolute atomic E-state index is 13.5. The van der Waals surface area contributed by atoms with E-state index in [-0.39, 0.29) is 24.7 Å². The molecule has 1 saturated heterocycles. The average molecular weight is 345 g/mol. The summed E-state index contributed by atoms with van der Waals surface area (Å²) in [6.07, 6.45) is 5.15. The topological polar surface area (TPSA) is 58.2 Å². The molecule has 0 saturated carbocycles. The molecule has 0 radical (unpaired) electrons. The van der Waals surface area contributed by atoms with Crippen LogP contribution in [-0.2, 0) is 11.2 Å². The molecule has 134 valence electrons. The Morgan fingerprint density at radius 2 is 2.28 bits per heavy atom. The van der Waals surface area contributed by atoms with Gasteiger partial charge in [-0.1, -0.05) is 12.1 Å². The minimum atomic E-state index is -0.400. The number of hydrogen-bond acceptors (Lipinski definition) is 3. The Bertz CT molecular complexity index is 716. The molecule has 0 unspecified atom stereocenters. The summed E-state index contributed by atoms with van der Waals surface area (Å²) >= 11 is 0. The number of aromatic amines is 1. The van der Waals surface area contributed by atoms with E-state index in [1.807, 2.05) is 18.0 Å². The van der Waals surface area contributed by atoms with Gasteiger partial charge in [-0.15, -0.1) is 0 Å². The second-order valence-corrected chi connectivity index (χ2v) is 6.61. The first-order chi connectivity index (χ1) is 12.1. The van der Waals surface area contributed by atoms with Gasteiger partial charge in [0.25, 0.3) is 0 Å². The van der Waals surface area contributed by atoms with Crippen molar-refractivity contribution < 1.29 is 13.9 Å². The van der Waals surface area contributed by atoms with E-state index >= 15 is 0 Å². The summed E-state index contributed by atoms with van der Waals surface area (Å²) in [6.45, 7) is 3.79. The fraction of sp³-hybridized carbons (Fsp3) is 0.474. The van der Waals surface area contributed by atoms with Crippen LogP contribution in [0.15, 0.2) is 30.5 Å². The molecule has 2 heterocycles. The Balaban J connectivity index is 1.47. The quantitative estimate of drug-likeness (QED) is 0.875. The lowest BCUT2D eigenvalue weighted by molar-refractivity contribution is -0.133. The molecule has 1 aliphatic rings. The van der Waals surface area contributed by atoms with E-state index in [1.54, 1.807) is 18.2 Å². The van der Waals surface area contributed by atoms with E-state index < -0.39 is 5.82 Å². The lowest BCUT2D eigenvalue weighted by Gasteiger charge is -2.32. The lowest BCUT2D eigenvalue weighted by atomic mass is 9.92. The number of amides is 1. The van der Waals surface area contributed by atoms with Gasteiger partial charge < -0.3 is 9.64 Å². The highest BCUT2D eigenvalue weighted by Crippen LogP contribution is 2.22. The zero-order chi connectivity index (χ0) is 17.6. The Morgan fingerprint density at radius 1 is 1.44 bits per heavy atom. The van der Waals surface area contributed by atoms with Crippen LogP contribution >= 0.6 is 0 Å². The predicted molar refractivity (Wildman–Crippen MR) is 92.8 cm³/mol. The van der Waals surface area contributed by atoms with Gasteiger partial charge in [0.15, 0.2) is 11.6 Å². The van der Waals surface area contributed by atoms with Gasteiger partial charge in [-0.05, 0) is 49.8 Å². The molecule has 1 atom stereocenters. The fourth-order valence-corrected chi connectivity index (χ4v) is 3.29. The van der Waals surface area contributed by atoms with Crippen molar-refractivity contribution in [3.63, 3.8) is 0 Å². The summed E-state index contributed by atoms with van der Waals surface area (Å²) in [6, 6.07) is 6.25. The summed E-state index contributed by atoms with van der Waals surface area (Å²) in [5, 5.41) is 7.11. The lowest BCUT2D eigenvalue weighted by Crippen LogP contribution is -2.41. The number of halogens is 1. The Labute approximate surface area is 147 Å². The number of nitrogens with one attached hydrogen (secondary N) is 1. The molecule has 0 spiro atoms. The van der Waals surface area contributed by atoms with Crippen molar-refractivity contribution in [2.24, 2.45) is 5.92 Å². The second-order valence-electron chi connectivity index (χ2n) is 6.61. The normalized spacial score (nSPS) is 17.5. The van der Waals surface area contributed by atoms with Crippen molar-refractivity contribution in [3.05, 3.63) is 47.5 Å². The van der Waals surface area contributed by atoms with Gasteiger partial charge in [-0.2, -0.15) is 5.10 Å². The fourth-order valence-electron chi connectivity index (χ4n) is 3.29. The minimum Gasteiger partial charge on any atom is -0.490 e. The van der Waals surface area contributed by atoms with E-state index in [4.69, 9.17) is 4.74 Å². The van der Waals surface area contributed by atoms with E-state index in [9.17, 15) is 9.18 Å². The van der Waals surface area contributed by atoms with Crippen LogP contribution in [0.25, 0.3) is 0 Å². The summed E-state index contributed by atoms with van der Waals surface area (Å²) in [5.41, 5.74) is 2.32. The van der Waals surface area contributed by atoms with E-state index in [1.165, 1.54) is 11.6 Å². The Hall–Kier alpha value is -2.37. The first kappa shape index (κ1) is 17.5. The van der Waals surface area contributed by atoms with Gasteiger partial charge >= 0.3 is 0 Å². The highest BCUT2D eigenvalue weighted by Gasteiger charge is 2.24. The smallest absolute Gasteiger partial charge is 0.226 e. The first-order valence-electron chi connectivity index (χ1n) is 8.77. The monoisotopic (exact) mass is 345 g/mol. The number of aromatic nitrogens is 2. The van der Waals surface area contributed by atoms with Crippen molar-refractivity contribution in [2.45, 2.75) is 32.6 Å². The summed E-state index contributed by atoms with van der Waals surface area (Å²) in [7, 11) is 0. The van der Waals surface area contributed by atoms with Gasteiger partial charge in [0.05, 0.1) is 19.2 Å². The highest BCUT2D eigenvalue weighted by atomic mass is 19.1. The Kier molecular flexibility index (Phi) is 5.68. The van der Waals surface area contributed by atoms with Crippen LogP contribution in [0.1, 0.15) is 30.5 Å². The van der Waals surface area contributed by atoms with Gasteiger partial charge in [0.1, 0.15) is 0 Å². The van der Waals surface area contributed by atoms with Crippen LogP contribution < -0.4 is 4.74 Å². The van der Waals surface area contributed by atoms with Crippen LogP contribution in [0, 0.1) is 18.7 Å². The predicted octanol–water partition coefficient (Wildman–Crippen LogP) is 3.11. The van der Waals surface area contributed by atoms with Crippen LogP contribution in [0.3, 0.4) is 0 Å². The van der Waals surface area contributed by atoms with E-state index in [0.29, 0.717) is 5.92 Å². The van der Waals surface area contributed by atoms with Crippen LogP contribution in [0.4, 0.5) is 4.39 Å². The number of carbonyl (C=O) groups excluding carboxylic acids is 1. The molecule has 2 aromatic rings. The van der Waals surface area contributed by atoms with Crippen molar-refractivity contribution in [3.8, 4) is 5.75 Å². The van der Waals surface area contributed by atoms with Crippen molar-refractivity contribution in [1.29, 1.82) is 0 Å². The average Bonchev–Trinajstić information content (AvgIpc) is 3.01. The maximum Gasteiger partial charge on any atom is 0.226 e. The van der Waals surface area contributed by atoms with Gasteiger partial charge in [0, 0.05) is 18.8 Å². The summed E-state index contributed by atoms with van der Waals surface area (Å²) in [4.78, 5) is 14.3. The third-order valence-electron chi connectivity index (χ3n) is 4.71. The molecule has 1 N–H and O–H groups in total. The molecule has 1 aromatic carbocycles. The van der Waals surface area contributed by atoms with Gasteiger partial charge in [0.2, 0.25) is 5.91 Å². The van der Waals surface area contributed by atoms with E-state index in [0.717, 1.165) is 38.0 Å². The molecule has 25 heavy (non-hydrogen) atoms. The molecule has 1 aliphatic heterocycles. The molecule has 1 aromatic heterocycles. The zero-order valence-corrected chi connectivity index (χ0v) is 14.5. The number of para-hydroxylation sites is 1. The van der Waals surface area contributed by atoms with Crippen molar-refractivity contribution in [1.82, 2.24) is 15.1 Å². The van der Waals surface area contributed by atoms with Gasteiger partial charge in [-0.25, -0.2) is 4.39 Å². The molecule has 0 bridgehead atoms. The molecule has 0 aliphatic carbocycles. The standard InChI is InChI=1S/C19H24FN3O2/c1-14-12-21-22-17(14)11-15-5-4-9-23(13-15)19(24)8-10-25-18-7-3-2-6-16(18)20/h2-3,6-7,12,15H,4-5,8-11,13H2,1H3,(H,21,22)/t15-/m0/s1. The number of likely N-dealkylation sites (tertiary alicyclic amines) is 1. The molecule has 5 nitrogen and oxygen atoms in total. The summed E-state index contributed by atoms with van der Waals surface area (Å²) in [5.74, 6) is 0.316. The van der Waals surface area contributed by atoms with Crippen molar-refractivity contribution in [2.75, 3.05) is 19.7 Å². The number of rotatable bonds is 6. The van der Waals surface area contributed by atoms with Crippen molar-refractivity contribution >= 4 is 5.91 Å². The SMILES string of the molecule is Cc1cn[nH]c1C[C@@H]1CCCN(C(=O)CCOc2ccccc2F)C1. The number of piperidine rings is 1. The number of H-pyrrole nitrogens is 1. The third-order valence-corrected chi connectivity index (χ3v) is 4.71. The van der Waals surface area contributed by atoms with Gasteiger partial charge in [-0.3, -0.25) is 9.89 Å². The number of aryl methyl sites for hydroxylation is 1. The first-order valence-corrected chi connectivity index (χ1v) is 8.77. The highest BCUT2D eigenvalue weighted by molar-refractivity contribution is 5.76.